The lowest BCUT2D eigenvalue weighted by molar-refractivity contribution is 0.249. The SMILES string of the molecule is Fc1cc(CN2CCN(c3nc4cnccc4nc3NC3CC3)CC2)ccc1Cl. The molecule has 2 aromatic heterocycles. The smallest absolute Gasteiger partial charge is 0.172 e. The third kappa shape index (κ3) is 4.11. The molecule has 1 aliphatic carbocycles. The Morgan fingerprint density at radius 2 is 1.90 bits per heavy atom. The normalized spacial score (nSPS) is 17.7. The van der Waals surface area contributed by atoms with E-state index in [1.165, 1.54) is 18.9 Å². The third-order valence-electron chi connectivity index (χ3n) is 5.43. The fraction of sp³-hybridized carbons (Fsp3) is 0.381. The van der Waals surface area contributed by atoms with Crippen molar-refractivity contribution in [2.24, 2.45) is 0 Å². The molecule has 1 aliphatic heterocycles. The summed E-state index contributed by atoms with van der Waals surface area (Å²) in [7, 11) is 0. The summed E-state index contributed by atoms with van der Waals surface area (Å²) >= 11 is 5.79. The Kier molecular flexibility index (Phi) is 4.93. The van der Waals surface area contributed by atoms with E-state index >= 15 is 0 Å². The molecule has 1 saturated heterocycles. The average Bonchev–Trinajstić information content (AvgIpc) is 3.55. The summed E-state index contributed by atoms with van der Waals surface area (Å²) in [6, 6.07) is 7.43. The minimum absolute atomic E-state index is 0.165. The van der Waals surface area contributed by atoms with Crippen molar-refractivity contribution in [3.8, 4) is 0 Å². The molecule has 2 fully saturated rings. The van der Waals surface area contributed by atoms with Crippen molar-refractivity contribution in [3.05, 3.63) is 53.1 Å². The highest BCUT2D eigenvalue weighted by molar-refractivity contribution is 6.30. The number of anilines is 2. The van der Waals surface area contributed by atoms with Crippen LogP contribution in [0.5, 0.6) is 0 Å². The van der Waals surface area contributed by atoms with Gasteiger partial charge < -0.3 is 10.2 Å². The van der Waals surface area contributed by atoms with Crippen molar-refractivity contribution in [1.29, 1.82) is 0 Å². The predicted octanol–water partition coefficient (Wildman–Crippen LogP) is 3.71. The Morgan fingerprint density at radius 1 is 1.07 bits per heavy atom. The van der Waals surface area contributed by atoms with Crippen LogP contribution >= 0.6 is 11.6 Å². The molecule has 0 amide bonds. The van der Waals surface area contributed by atoms with Gasteiger partial charge in [0.2, 0.25) is 0 Å². The van der Waals surface area contributed by atoms with E-state index in [0.717, 1.165) is 54.4 Å². The van der Waals surface area contributed by atoms with Crippen LogP contribution in [0, 0.1) is 5.82 Å². The quantitative estimate of drug-likeness (QED) is 0.689. The van der Waals surface area contributed by atoms with Gasteiger partial charge in [-0.05, 0) is 36.6 Å². The molecular weight excluding hydrogens is 391 g/mol. The zero-order valence-corrected chi connectivity index (χ0v) is 16.7. The zero-order valence-electron chi connectivity index (χ0n) is 16.0. The second-order valence-electron chi connectivity index (χ2n) is 7.69. The Bertz CT molecular complexity index is 1030. The molecule has 0 unspecified atom stereocenters. The van der Waals surface area contributed by atoms with Crippen molar-refractivity contribution in [3.63, 3.8) is 0 Å². The van der Waals surface area contributed by atoms with Gasteiger partial charge in [-0.2, -0.15) is 0 Å². The first kappa shape index (κ1) is 18.5. The number of hydrogen-bond acceptors (Lipinski definition) is 6. The van der Waals surface area contributed by atoms with Gasteiger partial charge in [-0.1, -0.05) is 17.7 Å². The van der Waals surface area contributed by atoms with Gasteiger partial charge in [0.1, 0.15) is 11.3 Å². The first-order valence-electron chi connectivity index (χ1n) is 9.95. The lowest BCUT2D eigenvalue weighted by atomic mass is 10.2. The Morgan fingerprint density at radius 3 is 2.66 bits per heavy atom. The average molecular weight is 413 g/mol. The second kappa shape index (κ2) is 7.72. The number of benzene rings is 1. The van der Waals surface area contributed by atoms with Crippen molar-refractivity contribution in [2.45, 2.75) is 25.4 Å². The molecule has 0 radical (unpaired) electrons. The second-order valence-corrected chi connectivity index (χ2v) is 8.10. The van der Waals surface area contributed by atoms with Gasteiger partial charge in [-0.15, -0.1) is 0 Å². The maximum Gasteiger partial charge on any atom is 0.172 e. The standard InChI is InChI=1S/C21H22ClFN6/c22-16-4-1-14(11-17(16)23)13-28-7-9-29(10-8-28)21-20(25-15-2-3-15)26-18-5-6-24-12-19(18)27-21/h1,4-6,11-12,15H,2-3,7-10,13H2,(H,25,26). The van der Waals surface area contributed by atoms with Gasteiger partial charge in [0.15, 0.2) is 11.6 Å². The number of rotatable bonds is 5. The largest absolute Gasteiger partial charge is 0.364 e. The van der Waals surface area contributed by atoms with E-state index in [2.05, 4.69) is 20.1 Å². The molecule has 29 heavy (non-hydrogen) atoms. The van der Waals surface area contributed by atoms with Gasteiger partial charge in [-0.3, -0.25) is 9.88 Å². The van der Waals surface area contributed by atoms with E-state index < -0.39 is 0 Å². The molecule has 3 aromatic rings. The number of fused-ring (bicyclic) bond motifs is 1. The minimum atomic E-state index is -0.362. The van der Waals surface area contributed by atoms with Gasteiger partial charge in [-0.25, -0.2) is 14.4 Å². The van der Waals surface area contributed by atoms with Crippen molar-refractivity contribution < 1.29 is 4.39 Å². The van der Waals surface area contributed by atoms with Crippen molar-refractivity contribution >= 4 is 34.3 Å². The molecule has 1 saturated carbocycles. The highest BCUT2D eigenvalue weighted by Gasteiger charge is 2.27. The number of nitrogens with one attached hydrogen (secondary N) is 1. The predicted molar refractivity (Wildman–Crippen MR) is 113 cm³/mol. The summed E-state index contributed by atoms with van der Waals surface area (Å²) in [6.07, 6.45) is 5.87. The molecule has 150 valence electrons. The number of aromatic nitrogens is 3. The van der Waals surface area contributed by atoms with E-state index in [1.54, 1.807) is 18.5 Å². The zero-order chi connectivity index (χ0) is 19.8. The van der Waals surface area contributed by atoms with Crippen LogP contribution in [0.15, 0.2) is 36.7 Å². The summed E-state index contributed by atoms with van der Waals surface area (Å²) in [4.78, 5) is 18.5. The van der Waals surface area contributed by atoms with Crippen LogP contribution in [-0.2, 0) is 6.54 Å². The number of nitrogens with zero attached hydrogens (tertiary/aromatic N) is 5. The van der Waals surface area contributed by atoms with E-state index in [4.69, 9.17) is 21.6 Å². The summed E-state index contributed by atoms with van der Waals surface area (Å²) < 4.78 is 13.7. The molecule has 6 nitrogen and oxygen atoms in total. The first-order chi connectivity index (χ1) is 14.2. The van der Waals surface area contributed by atoms with Crippen LogP contribution in [0.1, 0.15) is 18.4 Å². The van der Waals surface area contributed by atoms with Crippen LogP contribution in [-0.4, -0.2) is 52.1 Å². The summed E-state index contributed by atoms with van der Waals surface area (Å²) in [5, 5.41) is 3.70. The number of hydrogen-bond donors (Lipinski definition) is 1. The van der Waals surface area contributed by atoms with Crippen molar-refractivity contribution in [2.75, 3.05) is 36.4 Å². The molecule has 2 aliphatic rings. The van der Waals surface area contributed by atoms with Gasteiger partial charge in [0, 0.05) is 45.0 Å². The van der Waals surface area contributed by atoms with Crippen LogP contribution in [0.4, 0.5) is 16.0 Å². The van der Waals surface area contributed by atoms with Crippen LogP contribution in [0.2, 0.25) is 5.02 Å². The molecular formula is C21H22ClFN6. The summed E-state index contributed by atoms with van der Waals surface area (Å²) in [5.41, 5.74) is 2.60. The molecule has 8 heteroatoms. The van der Waals surface area contributed by atoms with E-state index in [-0.39, 0.29) is 10.8 Å². The molecule has 3 heterocycles. The van der Waals surface area contributed by atoms with Crippen LogP contribution in [0.3, 0.4) is 0 Å². The molecule has 0 spiro atoms. The van der Waals surface area contributed by atoms with Gasteiger partial charge in [0.05, 0.1) is 16.7 Å². The van der Waals surface area contributed by atoms with E-state index in [0.29, 0.717) is 12.6 Å². The lowest BCUT2D eigenvalue weighted by Crippen LogP contribution is -2.46. The molecule has 0 bridgehead atoms. The van der Waals surface area contributed by atoms with Crippen LogP contribution < -0.4 is 10.2 Å². The Labute approximate surface area is 173 Å². The first-order valence-corrected chi connectivity index (χ1v) is 10.3. The molecule has 5 rings (SSSR count). The van der Waals surface area contributed by atoms with Gasteiger partial charge >= 0.3 is 0 Å². The maximum absolute atomic E-state index is 13.7. The number of piperazine rings is 1. The summed E-state index contributed by atoms with van der Waals surface area (Å²) in [5.74, 6) is 1.40. The number of halogens is 2. The molecule has 1 N–H and O–H groups in total. The highest BCUT2D eigenvalue weighted by Crippen LogP contribution is 2.31. The van der Waals surface area contributed by atoms with Gasteiger partial charge in [0.25, 0.3) is 0 Å². The topological polar surface area (TPSA) is 57.2 Å². The fourth-order valence-corrected chi connectivity index (χ4v) is 3.77. The lowest BCUT2D eigenvalue weighted by Gasteiger charge is -2.36. The van der Waals surface area contributed by atoms with E-state index in [9.17, 15) is 4.39 Å². The molecule has 1 aromatic carbocycles. The van der Waals surface area contributed by atoms with Crippen molar-refractivity contribution in [1.82, 2.24) is 19.9 Å². The Hall–Kier alpha value is -2.51. The minimum Gasteiger partial charge on any atom is -0.364 e. The molecule has 0 atom stereocenters. The third-order valence-corrected chi connectivity index (χ3v) is 5.73. The Balaban J connectivity index is 1.32. The monoisotopic (exact) mass is 412 g/mol. The van der Waals surface area contributed by atoms with Crippen LogP contribution in [0.25, 0.3) is 11.0 Å². The van der Waals surface area contributed by atoms with E-state index in [1.807, 2.05) is 12.1 Å². The summed E-state index contributed by atoms with van der Waals surface area (Å²) in [6.45, 7) is 4.15. The highest BCUT2D eigenvalue weighted by atomic mass is 35.5. The number of pyridine rings is 1. The maximum atomic E-state index is 13.7. The fourth-order valence-electron chi connectivity index (χ4n) is 3.65.